The molecule has 0 N–H and O–H groups in total. The summed E-state index contributed by atoms with van der Waals surface area (Å²) >= 11 is 0. The molecule has 1 aliphatic rings. The molecule has 0 radical (unpaired) electrons. The monoisotopic (exact) mass is 452 g/mol. The van der Waals surface area contributed by atoms with Gasteiger partial charge in [-0.2, -0.15) is 0 Å². The van der Waals surface area contributed by atoms with Gasteiger partial charge in [0.25, 0.3) is 6.43 Å². The van der Waals surface area contributed by atoms with Gasteiger partial charge in [-0.15, -0.1) is 6.58 Å². The minimum absolute atomic E-state index is 0.147. The molecule has 0 saturated carbocycles. The van der Waals surface area contributed by atoms with Gasteiger partial charge in [-0.05, 0) is 59.7 Å². The first-order valence-electron chi connectivity index (χ1n) is 11.2. The highest BCUT2D eigenvalue weighted by Crippen LogP contribution is 2.38. The Morgan fingerprint density at radius 3 is 2.15 bits per heavy atom. The second-order valence-corrected chi connectivity index (χ2v) is 8.15. The minimum atomic E-state index is -2.95. The van der Waals surface area contributed by atoms with E-state index in [0.29, 0.717) is 18.1 Å². The number of hydrogen-bond acceptors (Lipinski definition) is 2. The van der Waals surface area contributed by atoms with Gasteiger partial charge < -0.3 is 9.47 Å². The third-order valence-corrected chi connectivity index (χ3v) is 6.15. The van der Waals surface area contributed by atoms with Crippen molar-refractivity contribution < 1.29 is 22.6 Å². The standard InChI is InChI=1S/C28H27F3O2/c1-3-23-14-13-22(17-33-23)20-7-5-18(6-8-20)19-9-11-21(12-10-19)24-15-16-25(32-4-2)27(29)26(24)28(30)31/h3,5-12,15-16,22-23,28H,1,4,13-14,17H2,2H3. The normalized spacial score (nSPS) is 18.3. The lowest BCUT2D eigenvalue weighted by atomic mass is 9.90. The lowest BCUT2D eigenvalue weighted by molar-refractivity contribution is 0.0329. The molecule has 2 unspecified atom stereocenters. The van der Waals surface area contributed by atoms with Crippen LogP contribution in [0.5, 0.6) is 5.75 Å². The summed E-state index contributed by atoms with van der Waals surface area (Å²) in [4.78, 5) is 0. The first-order chi connectivity index (χ1) is 16.0. The average molecular weight is 453 g/mol. The van der Waals surface area contributed by atoms with Gasteiger partial charge in [0.2, 0.25) is 0 Å². The van der Waals surface area contributed by atoms with Gasteiger partial charge >= 0.3 is 0 Å². The van der Waals surface area contributed by atoms with Crippen LogP contribution in [0, 0.1) is 5.82 Å². The summed E-state index contributed by atoms with van der Waals surface area (Å²) in [5.41, 5.74) is 3.29. The van der Waals surface area contributed by atoms with Crippen LogP contribution >= 0.6 is 0 Å². The predicted molar refractivity (Wildman–Crippen MR) is 125 cm³/mol. The molecule has 0 aromatic heterocycles. The Bertz CT molecular complexity index is 1080. The Morgan fingerprint density at radius 2 is 1.61 bits per heavy atom. The molecule has 1 heterocycles. The van der Waals surface area contributed by atoms with Crippen molar-refractivity contribution in [3.05, 3.63) is 90.3 Å². The van der Waals surface area contributed by atoms with E-state index in [4.69, 9.17) is 9.47 Å². The molecular formula is C28H27F3O2. The van der Waals surface area contributed by atoms with Crippen LogP contribution in [0.3, 0.4) is 0 Å². The van der Waals surface area contributed by atoms with Crippen LogP contribution in [-0.2, 0) is 4.74 Å². The minimum Gasteiger partial charge on any atom is -0.491 e. The van der Waals surface area contributed by atoms with Crippen LogP contribution in [0.15, 0.2) is 73.3 Å². The lowest BCUT2D eigenvalue weighted by Crippen LogP contribution is -2.22. The van der Waals surface area contributed by atoms with E-state index < -0.39 is 17.8 Å². The van der Waals surface area contributed by atoms with Gasteiger partial charge in [-0.1, -0.05) is 54.6 Å². The van der Waals surface area contributed by atoms with Gasteiger partial charge in [-0.3, -0.25) is 0 Å². The molecule has 0 bridgehead atoms. The summed E-state index contributed by atoms with van der Waals surface area (Å²) in [6.45, 7) is 6.37. The second kappa shape index (κ2) is 10.3. The van der Waals surface area contributed by atoms with Crippen LogP contribution < -0.4 is 4.74 Å². The summed E-state index contributed by atoms with van der Waals surface area (Å²) in [5.74, 6) is -0.785. The maximum absolute atomic E-state index is 14.6. The van der Waals surface area contributed by atoms with E-state index >= 15 is 0 Å². The zero-order chi connectivity index (χ0) is 23.4. The zero-order valence-electron chi connectivity index (χ0n) is 18.6. The molecule has 2 nitrogen and oxygen atoms in total. The number of benzene rings is 3. The third kappa shape index (κ3) is 4.98. The molecule has 172 valence electrons. The first kappa shape index (κ1) is 23.1. The fourth-order valence-corrected chi connectivity index (χ4v) is 4.32. The Hall–Kier alpha value is -3.05. The van der Waals surface area contributed by atoms with Crippen molar-refractivity contribution in [1.82, 2.24) is 0 Å². The lowest BCUT2D eigenvalue weighted by Gasteiger charge is -2.27. The maximum Gasteiger partial charge on any atom is 0.267 e. The van der Waals surface area contributed by atoms with Gasteiger partial charge in [0, 0.05) is 5.92 Å². The second-order valence-electron chi connectivity index (χ2n) is 8.15. The third-order valence-electron chi connectivity index (χ3n) is 6.15. The molecule has 0 spiro atoms. The van der Waals surface area contributed by atoms with E-state index in [0.717, 1.165) is 24.0 Å². The fourth-order valence-electron chi connectivity index (χ4n) is 4.32. The van der Waals surface area contributed by atoms with Crippen LogP contribution in [0.25, 0.3) is 22.3 Å². The number of halogens is 3. The Morgan fingerprint density at radius 1 is 0.970 bits per heavy atom. The molecule has 0 aliphatic carbocycles. The van der Waals surface area contributed by atoms with E-state index in [2.05, 4.69) is 30.8 Å². The van der Waals surface area contributed by atoms with Gasteiger partial charge in [-0.25, -0.2) is 13.2 Å². The smallest absolute Gasteiger partial charge is 0.267 e. The highest BCUT2D eigenvalue weighted by atomic mass is 19.3. The summed E-state index contributed by atoms with van der Waals surface area (Å²) in [6.07, 6.45) is 1.10. The van der Waals surface area contributed by atoms with Crippen LogP contribution in [-0.4, -0.2) is 19.3 Å². The van der Waals surface area contributed by atoms with Crippen molar-refractivity contribution in [3.8, 4) is 28.0 Å². The summed E-state index contributed by atoms with van der Waals surface area (Å²) in [5, 5.41) is 0. The molecule has 33 heavy (non-hydrogen) atoms. The molecule has 0 amide bonds. The van der Waals surface area contributed by atoms with Crippen molar-refractivity contribution >= 4 is 0 Å². The van der Waals surface area contributed by atoms with Crippen LogP contribution in [0.2, 0.25) is 0 Å². The molecule has 1 fully saturated rings. The van der Waals surface area contributed by atoms with Gasteiger partial charge in [0.15, 0.2) is 11.6 Å². The van der Waals surface area contributed by atoms with E-state index in [1.807, 2.05) is 18.2 Å². The SMILES string of the molecule is C=CC1CCC(c2ccc(-c3ccc(-c4ccc(OCC)c(F)c4C(F)F)cc3)cc2)CO1. The largest absolute Gasteiger partial charge is 0.491 e. The fraction of sp³-hybridized carbons (Fsp3) is 0.286. The number of alkyl halides is 2. The van der Waals surface area contributed by atoms with E-state index in [1.54, 1.807) is 19.1 Å². The van der Waals surface area contributed by atoms with Crippen molar-refractivity contribution in [2.24, 2.45) is 0 Å². The predicted octanol–water partition coefficient (Wildman–Crippen LogP) is 7.94. The van der Waals surface area contributed by atoms with E-state index in [9.17, 15) is 13.2 Å². The van der Waals surface area contributed by atoms with Crippen molar-refractivity contribution in [2.45, 2.75) is 38.2 Å². The number of hydrogen-bond donors (Lipinski definition) is 0. The zero-order valence-corrected chi connectivity index (χ0v) is 18.6. The maximum atomic E-state index is 14.6. The molecule has 2 atom stereocenters. The number of ether oxygens (including phenoxy) is 2. The molecule has 1 saturated heterocycles. The topological polar surface area (TPSA) is 18.5 Å². The quantitative estimate of drug-likeness (QED) is 0.339. The average Bonchev–Trinajstić information content (AvgIpc) is 2.85. The Labute approximate surface area is 192 Å². The Kier molecular flexibility index (Phi) is 7.19. The Balaban J connectivity index is 1.54. The van der Waals surface area contributed by atoms with Crippen molar-refractivity contribution in [1.29, 1.82) is 0 Å². The first-order valence-corrected chi connectivity index (χ1v) is 11.2. The van der Waals surface area contributed by atoms with E-state index in [-0.39, 0.29) is 24.0 Å². The van der Waals surface area contributed by atoms with Crippen LogP contribution in [0.4, 0.5) is 13.2 Å². The molecule has 4 rings (SSSR count). The summed E-state index contributed by atoms with van der Waals surface area (Å²) in [6, 6.07) is 18.5. The van der Waals surface area contributed by atoms with Gasteiger partial charge in [0.1, 0.15) is 0 Å². The molecule has 3 aromatic carbocycles. The number of rotatable bonds is 7. The van der Waals surface area contributed by atoms with Gasteiger partial charge in [0.05, 0.1) is 24.9 Å². The van der Waals surface area contributed by atoms with Crippen molar-refractivity contribution in [2.75, 3.05) is 13.2 Å². The molecule has 5 heteroatoms. The summed E-state index contributed by atoms with van der Waals surface area (Å²) < 4.78 is 52.9. The van der Waals surface area contributed by atoms with Crippen LogP contribution in [0.1, 0.15) is 43.2 Å². The molecule has 1 aliphatic heterocycles. The van der Waals surface area contributed by atoms with Crippen molar-refractivity contribution in [3.63, 3.8) is 0 Å². The summed E-state index contributed by atoms with van der Waals surface area (Å²) in [7, 11) is 0. The van der Waals surface area contributed by atoms with E-state index in [1.165, 1.54) is 17.7 Å². The highest BCUT2D eigenvalue weighted by molar-refractivity contribution is 5.73. The molecule has 3 aromatic rings. The molecular weight excluding hydrogens is 425 g/mol. The highest BCUT2D eigenvalue weighted by Gasteiger charge is 2.23.